The van der Waals surface area contributed by atoms with Gasteiger partial charge in [0, 0.05) is 5.47 Å². The number of hydrogen-bond acceptors (Lipinski definition) is 3. The van der Waals surface area contributed by atoms with Gasteiger partial charge in [-0.25, -0.2) is 0 Å². The fraction of sp³-hybridized carbons (Fsp3) is 0.273. The van der Waals surface area contributed by atoms with E-state index in [2.05, 4.69) is 0 Å². The van der Waals surface area contributed by atoms with Crippen LogP contribution in [0.25, 0.3) is 0 Å². The summed E-state index contributed by atoms with van der Waals surface area (Å²) in [6.07, 6.45) is 1.68. The van der Waals surface area contributed by atoms with Crippen molar-refractivity contribution in [2.75, 3.05) is 6.61 Å². The molecule has 15 heavy (non-hydrogen) atoms. The molecule has 1 aliphatic rings. The van der Waals surface area contributed by atoms with Crippen molar-refractivity contribution < 1.29 is 14.0 Å². The van der Waals surface area contributed by atoms with Crippen molar-refractivity contribution in [3.8, 4) is 11.5 Å². The van der Waals surface area contributed by atoms with Crippen LogP contribution in [0.2, 0.25) is 0 Å². The Morgan fingerprint density at radius 1 is 1.33 bits per heavy atom. The van der Waals surface area contributed by atoms with Crippen molar-refractivity contribution in [3.63, 3.8) is 0 Å². The highest BCUT2D eigenvalue weighted by atomic mass is 16.6. The van der Waals surface area contributed by atoms with Crippen molar-refractivity contribution >= 4 is 7.12 Å². The molecule has 2 rings (SSSR count). The summed E-state index contributed by atoms with van der Waals surface area (Å²) < 4.78 is 16.4. The summed E-state index contributed by atoms with van der Waals surface area (Å²) in [6, 6.07) is 7.63. The average molecular weight is 204 g/mol. The first-order chi connectivity index (χ1) is 7.31. The molecule has 0 bridgehead atoms. The number of allylic oxidation sites excluding steroid dienone is 1. The number of fused-ring (bicyclic) bond motifs is 1. The van der Waals surface area contributed by atoms with Crippen LogP contribution in [0, 0.1) is 0 Å². The molecule has 0 unspecified atom stereocenters. The predicted octanol–water partition coefficient (Wildman–Crippen LogP) is 2.43. The molecule has 3 nitrogen and oxygen atoms in total. The average Bonchev–Trinajstić information content (AvgIpc) is 2.69. The van der Waals surface area contributed by atoms with Crippen LogP contribution in [-0.4, -0.2) is 13.7 Å². The molecule has 0 aromatic heterocycles. The minimum atomic E-state index is -0.353. The Bertz CT molecular complexity index is 351. The second-order valence-corrected chi connectivity index (χ2v) is 3.33. The fourth-order valence-corrected chi connectivity index (χ4v) is 1.36. The van der Waals surface area contributed by atoms with E-state index in [4.69, 9.17) is 14.0 Å². The maximum atomic E-state index is 5.60. The molecule has 0 amide bonds. The van der Waals surface area contributed by atoms with E-state index < -0.39 is 0 Å². The van der Waals surface area contributed by atoms with Crippen molar-refractivity contribution in [2.24, 2.45) is 0 Å². The normalized spacial score (nSPS) is 14.3. The van der Waals surface area contributed by atoms with Gasteiger partial charge in [0.1, 0.15) is 11.5 Å². The molecule has 1 aliphatic heterocycles. The number of rotatable bonds is 3. The maximum absolute atomic E-state index is 5.60. The molecule has 1 aromatic carbocycles. The predicted molar refractivity (Wildman–Crippen MR) is 58.8 cm³/mol. The van der Waals surface area contributed by atoms with Crippen LogP contribution < -0.4 is 9.31 Å². The lowest BCUT2D eigenvalue weighted by Gasteiger charge is -2.04. The van der Waals surface area contributed by atoms with Crippen LogP contribution in [-0.2, 0) is 4.74 Å². The third-order valence-electron chi connectivity index (χ3n) is 2.12. The molecule has 1 heterocycles. The summed E-state index contributed by atoms with van der Waals surface area (Å²) in [5, 5.41) is 0. The van der Waals surface area contributed by atoms with Gasteiger partial charge in [0.2, 0.25) is 0 Å². The zero-order chi connectivity index (χ0) is 10.7. The first kappa shape index (κ1) is 9.96. The summed E-state index contributed by atoms with van der Waals surface area (Å²) in [5.41, 5.74) is 0.924. The Morgan fingerprint density at radius 3 is 2.47 bits per heavy atom. The van der Waals surface area contributed by atoms with Crippen LogP contribution in [0.15, 0.2) is 36.0 Å². The SMILES string of the molecule is CCO/C=C(\C)B1Oc2ccccc2O1. The molecule has 0 saturated heterocycles. The third-order valence-corrected chi connectivity index (χ3v) is 2.12. The molecule has 4 heteroatoms. The van der Waals surface area contributed by atoms with Gasteiger partial charge in [-0.3, -0.25) is 0 Å². The Balaban J connectivity index is 2.07. The van der Waals surface area contributed by atoms with Crippen LogP contribution in [0.3, 0.4) is 0 Å². The molecular formula is C11H13BO3. The summed E-state index contributed by atoms with van der Waals surface area (Å²) in [5.74, 6) is 1.57. The highest BCUT2D eigenvalue weighted by Crippen LogP contribution is 2.34. The lowest BCUT2D eigenvalue weighted by atomic mass is 9.81. The number of hydrogen-bond donors (Lipinski definition) is 0. The van der Waals surface area contributed by atoms with Gasteiger partial charge in [-0.15, -0.1) is 0 Å². The Hall–Kier alpha value is -1.58. The topological polar surface area (TPSA) is 27.7 Å². The van der Waals surface area contributed by atoms with Gasteiger partial charge in [-0.1, -0.05) is 12.1 Å². The van der Waals surface area contributed by atoms with Crippen molar-refractivity contribution in [2.45, 2.75) is 13.8 Å². The molecule has 0 atom stereocenters. The van der Waals surface area contributed by atoms with Crippen molar-refractivity contribution in [1.29, 1.82) is 0 Å². The molecular weight excluding hydrogens is 191 g/mol. The van der Waals surface area contributed by atoms with E-state index in [9.17, 15) is 0 Å². The van der Waals surface area contributed by atoms with Crippen LogP contribution in [0.1, 0.15) is 13.8 Å². The van der Waals surface area contributed by atoms with Gasteiger partial charge < -0.3 is 14.0 Å². The second kappa shape index (κ2) is 4.30. The number of ether oxygens (including phenoxy) is 1. The summed E-state index contributed by atoms with van der Waals surface area (Å²) in [6.45, 7) is 4.51. The summed E-state index contributed by atoms with van der Waals surface area (Å²) in [7, 11) is -0.353. The fourth-order valence-electron chi connectivity index (χ4n) is 1.36. The van der Waals surface area contributed by atoms with Crippen molar-refractivity contribution in [3.05, 3.63) is 36.0 Å². The van der Waals surface area contributed by atoms with Crippen LogP contribution in [0.5, 0.6) is 11.5 Å². The van der Waals surface area contributed by atoms with Gasteiger partial charge in [0.25, 0.3) is 0 Å². The first-order valence-electron chi connectivity index (χ1n) is 5.02. The Labute approximate surface area is 89.8 Å². The van der Waals surface area contributed by atoms with E-state index in [1.54, 1.807) is 6.26 Å². The van der Waals surface area contributed by atoms with E-state index in [1.165, 1.54) is 0 Å². The monoisotopic (exact) mass is 204 g/mol. The zero-order valence-corrected chi connectivity index (χ0v) is 8.90. The molecule has 1 aromatic rings. The van der Waals surface area contributed by atoms with Crippen LogP contribution in [0.4, 0.5) is 0 Å². The quantitative estimate of drug-likeness (QED) is 0.558. The van der Waals surface area contributed by atoms with E-state index in [0.717, 1.165) is 17.0 Å². The van der Waals surface area contributed by atoms with Crippen LogP contribution >= 0.6 is 0 Å². The summed E-state index contributed by atoms with van der Waals surface area (Å²) in [4.78, 5) is 0. The van der Waals surface area contributed by atoms with Gasteiger partial charge in [0.05, 0.1) is 12.9 Å². The van der Waals surface area contributed by atoms with Gasteiger partial charge in [0.15, 0.2) is 0 Å². The van der Waals surface area contributed by atoms with Gasteiger partial charge >= 0.3 is 7.12 Å². The third kappa shape index (κ3) is 2.09. The van der Waals surface area contributed by atoms with E-state index in [0.29, 0.717) is 6.61 Å². The summed E-state index contributed by atoms with van der Waals surface area (Å²) >= 11 is 0. The molecule has 0 N–H and O–H groups in total. The van der Waals surface area contributed by atoms with Gasteiger partial charge in [-0.05, 0) is 26.0 Å². The maximum Gasteiger partial charge on any atom is 0.631 e. The molecule has 0 saturated carbocycles. The highest BCUT2D eigenvalue weighted by molar-refractivity contribution is 6.56. The minimum Gasteiger partial charge on any atom is -0.519 e. The van der Waals surface area contributed by atoms with E-state index >= 15 is 0 Å². The van der Waals surface area contributed by atoms with E-state index in [-0.39, 0.29) is 7.12 Å². The second-order valence-electron chi connectivity index (χ2n) is 3.33. The molecule has 78 valence electrons. The van der Waals surface area contributed by atoms with Crippen molar-refractivity contribution in [1.82, 2.24) is 0 Å². The first-order valence-corrected chi connectivity index (χ1v) is 5.02. The molecule has 0 radical (unpaired) electrons. The molecule has 0 fully saturated rings. The smallest absolute Gasteiger partial charge is 0.519 e. The lowest BCUT2D eigenvalue weighted by molar-refractivity contribution is 0.266. The highest BCUT2D eigenvalue weighted by Gasteiger charge is 2.33. The number of benzene rings is 1. The minimum absolute atomic E-state index is 0.353. The van der Waals surface area contributed by atoms with Gasteiger partial charge in [-0.2, -0.15) is 0 Å². The van der Waals surface area contributed by atoms with E-state index in [1.807, 2.05) is 38.1 Å². The molecule has 0 aliphatic carbocycles. The number of para-hydroxylation sites is 2. The Morgan fingerprint density at radius 2 is 1.93 bits per heavy atom. The largest absolute Gasteiger partial charge is 0.631 e. The Kier molecular flexibility index (Phi) is 2.85. The molecule has 0 spiro atoms. The lowest BCUT2D eigenvalue weighted by Crippen LogP contribution is -2.26. The zero-order valence-electron chi connectivity index (χ0n) is 8.90. The standard InChI is InChI=1S/C11H13BO3/c1-3-13-8-9(2)12-14-10-6-4-5-7-11(10)15-12/h4-8H,3H2,1-2H3/b9-8+.